The molecule has 1 heterocycles. The predicted molar refractivity (Wildman–Crippen MR) is 108 cm³/mol. The van der Waals surface area contributed by atoms with Crippen LogP contribution in [0.2, 0.25) is 0 Å². The van der Waals surface area contributed by atoms with E-state index in [1.54, 1.807) is 0 Å². The van der Waals surface area contributed by atoms with Crippen molar-refractivity contribution in [1.29, 1.82) is 0 Å². The summed E-state index contributed by atoms with van der Waals surface area (Å²) in [5.74, 6) is 0. The van der Waals surface area contributed by atoms with Crippen molar-refractivity contribution in [2.75, 3.05) is 6.54 Å². The first-order chi connectivity index (χ1) is 12.9. The molecule has 0 radical (unpaired) electrons. The number of nitrogens with one attached hydrogen (secondary N) is 1. The second-order valence-electron chi connectivity index (χ2n) is 6.98. The van der Waals surface area contributed by atoms with E-state index >= 15 is 0 Å². The average Bonchev–Trinajstić information content (AvgIpc) is 3.13. The van der Waals surface area contributed by atoms with E-state index in [0.717, 1.165) is 19.6 Å². The van der Waals surface area contributed by atoms with E-state index in [9.17, 15) is 0 Å². The fourth-order valence-electron chi connectivity index (χ4n) is 4.11. The summed E-state index contributed by atoms with van der Waals surface area (Å²) in [6, 6.07) is 31.2. The van der Waals surface area contributed by atoms with Crippen molar-refractivity contribution in [3.8, 4) is 0 Å². The zero-order valence-corrected chi connectivity index (χ0v) is 15.3. The number of likely N-dealkylation sites (N-methyl/N-ethyl adjacent to an activating group) is 1. The topological polar surface area (TPSA) is 15.3 Å². The Morgan fingerprint density at radius 3 is 1.77 bits per heavy atom. The van der Waals surface area contributed by atoms with Crippen LogP contribution in [0.25, 0.3) is 0 Å². The fraction of sp³-hybridized carbons (Fsp3) is 0.250. The molecule has 0 spiro atoms. The van der Waals surface area contributed by atoms with Gasteiger partial charge >= 0.3 is 0 Å². The van der Waals surface area contributed by atoms with Crippen molar-refractivity contribution >= 4 is 0 Å². The first-order valence-electron chi connectivity index (χ1n) is 9.51. The van der Waals surface area contributed by atoms with Crippen molar-refractivity contribution in [1.82, 2.24) is 10.2 Å². The lowest BCUT2D eigenvalue weighted by molar-refractivity contribution is 0.157. The van der Waals surface area contributed by atoms with Crippen LogP contribution in [0.15, 0.2) is 84.9 Å². The maximum Gasteiger partial charge on any atom is 0.0550 e. The molecule has 26 heavy (non-hydrogen) atoms. The molecule has 4 rings (SSSR count). The van der Waals surface area contributed by atoms with Crippen molar-refractivity contribution < 1.29 is 0 Å². The fourth-order valence-corrected chi connectivity index (χ4v) is 4.11. The molecule has 132 valence electrons. The van der Waals surface area contributed by atoms with Crippen LogP contribution in [-0.2, 0) is 13.1 Å². The van der Waals surface area contributed by atoms with Gasteiger partial charge < -0.3 is 5.32 Å². The van der Waals surface area contributed by atoms with Crippen LogP contribution >= 0.6 is 0 Å². The Morgan fingerprint density at radius 2 is 1.23 bits per heavy atom. The maximum atomic E-state index is 3.76. The Bertz CT molecular complexity index is 804. The zero-order chi connectivity index (χ0) is 17.8. The number of rotatable bonds is 6. The van der Waals surface area contributed by atoms with Gasteiger partial charge in [0.05, 0.1) is 12.1 Å². The molecule has 3 aromatic carbocycles. The van der Waals surface area contributed by atoms with Crippen molar-refractivity contribution in [2.24, 2.45) is 0 Å². The van der Waals surface area contributed by atoms with Crippen LogP contribution in [-0.4, -0.2) is 11.4 Å². The van der Waals surface area contributed by atoms with Gasteiger partial charge in [-0.15, -0.1) is 0 Å². The van der Waals surface area contributed by atoms with E-state index in [2.05, 4.69) is 102 Å². The average molecular weight is 342 g/mol. The predicted octanol–water partition coefficient (Wildman–Crippen LogP) is 5.09. The number of nitrogens with zero attached hydrogens (tertiary/aromatic N) is 1. The first-order valence-corrected chi connectivity index (χ1v) is 9.51. The van der Waals surface area contributed by atoms with Crippen LogP contribution in [0.1, 0.15) is 41.3 Å². The van der Waals surface area contributed by atoms with Crippen LogP contribution in [0.3, 0.4) is 0 Å². The molecule has 3 aromatic rings. The molecule has 0 unspecified atom stereocenters. The summed E-state index contributed by atoms with van der Waals surface area (Å²) in [6.07, 6.45) is 0. The van der Waals surface area contributed by atoms with E-state index in [4.69, 9.17) is 0 Å². The number of hydrogen-bond donors (Lipinski definition) is 1. The minimum Gasteiger partial charge on any atom is -0.309 e. The van der Waals surface area contributed by atoms with Crippen LogP contribution < -0.4 is 5.32 Å². The lowest BCUT2D eigenvalue weighted by atomic mass is 9.92. The number of benzene rings is 3. The standard InChI is InChI=1S/C24H26N2/c1-2-25-23(19-11-5-3-6-12-19)24(20-13-7-4-8-14-20)26-17-21-15-9-10-16-22(21)18-26/h3-16,23-25H,2,17-18H2,1H3/t23-,24-/m1/s1. The van der Waals surface area contributed by atoms with Gasteiger partial charge in [0.2, 0.25) is 0 Å². The van der Waals surface area contributed by atoms with E-state index in [1.807, 2.05) is 0 Å². The highest BCUT2D eigenvalue weighted by atomic mass is 15.2. The molecule has 2 heteroatoms. The van der Waals surface area contributed by atoms with Gasteiger partial charge in [-0.3, -0.25) is 4.90 Å². The summed E-state index contributed by atoms with van der Waals surface area (Å²) in [6.45, 7) is 5.15. The van der Waals surface area contributed by atoms with Gasteiger partial charge in [0.25, 0.3) is 0 Å². The first kappa shape index (κ1) is 17.0. The minimum atomic E-state index is 0.262. The molecule has 0 saturated heterocycles. The van der Waals surface area contributed by atoms with Gasteiger partial charge in [-0.05, 0) is 28.8 Å². The molecule has 0 amide bonds. The normalized spacial score (nSPS) is 16.2. The van der Waals surface area contributed by atoms with Crippen molar-refractivity contribution in [3.63, 3.8) is 0 Å². The second-order valence-corrected chi connectivity index (χ2v) is 6.98. The molecule has 1 aliphatic rings. The third-order valence-electron chi connectivity index (χ3n) is 5.30. The molecular formula is C24H26N2. The molecule has 2 nitrogen and oxygen atoms in total. The second kappa shape index (κ2) is 7.86. The number of fused-ring (bicyclic) bond motifs is 1. The summed E-state index contributed by atoms with van der Waals surface area (Å²) in [5.41, 5.74) is 5.63. The van der Waals surface area contributed by atoms with E-state index in [1.165, 1.54) is 22.3 Å². The summed E-state index contributed by atoms with van der Waals surface area (Å²) in [7, 11) is 0. The third kappa shape index (κ3) is 3.44. The minimum absolute atomic E-state index is 0.262. The van der Waals surface area contributed by atoms with Crippen molar-refractivity contribution in [3.05, 3.63) is 107 Å². The highest BCUT2D eigenvalue weighted by Crippen LogP contribution is 2.39. The summed E-state index contributed by atoms with van der Waals surface area (Å²) in [5, 5.41) is 3.76. The highest BCUT2D eigenvalue weighted by Gasteiger charge is 2.33. The van der Waals surface area contributed by atoms with Gasteiger partial charge in [0.15, 0.2) is 0 Å². The molecule has 0 saturated carbocycles. The quantitative estimate of drug-likeness (QED) is 0.671. The van der Waals surface area contributed by atoms with Gasteiger partial charge in [0, 0.05) is 13.1 Å². The van der Waals surface area contributed by atoms with E-state index in [0.29, 0.717) is 6.04 Å². The molecule has 0 fully saturated rings. The van der Waals surface area contributed by atoms with Crippen molar-refractivity contribution in [2.45, 2.75) is 32.1 Å². The largest absolute Gasteiger partial charge is 0.309 e. The van der Waals surface area contributed by atoms with E-state index in [-0.39, 0.29) is 6.04 Å². The Hall–Kier alpha value is -2.42. The van der Waals surface area contributed by atoms with Gasteiger partial charge in [0.1, 0.15) is 0 Å². The lowest BCUT2D eigenvalue weighted by Gasteiger charge is -2.36. The van der Waals surface area contributed by atoms with Gasteiger partial charge in [-0.25, -0.2) is 0 Å². The highest BCUT2D eigenvalue weighted by molar-refractivity contribution is 5.34. The van der Waals surface area contributed by atoms with Crippen LogP contribution in [0, 0.1) is 0 Å². The molecule has 2 atom stereocenters. The summed E-state index contributed by atoms with van der Waals surface area (Å²) >= 11 is 0. The van der Waals surface area contributed by atoms with Crippen LogP contribution in [0.4, 0.5) is 0 Å². The molecule has 0 bridgehead atoms. The Labute approximate surface area is 156 Å². The monoisotopic (exact) mass is 342 g/mol. The molecule has 0 aliphatic carbocycles. The Kier molecular flexibility index (Phi) is 5.14. The summed E-state index contributed by atoms with van der Waals surface area (Å²) in [4.78, 5) is 2.61. The SMILES string of the molecule is CCN[C@H](c1ccccc1)[C@@H](c1ccccc1)N1Cc2ccccc2C1. The third-order valence-corrected chi connectivity index (χ3v) is 5.30. The molecule has 1 aliphatic heterocycles. The maximum absolute atomic E-state index is 3.76. The summed E-state index contributed by atoms with van der Waals surface area (Å²) < 4.78 is 0. The molecular weight excluding hydrogens is 316 g/mol. The van der Waals surface area contributed by atoms with Gasteiger partial charge in [-0.2, -0.15) is 0 Å². The Morgan fingerprint density at radius 1 is 0.731 bits per heavy atom. The Balaban J connectivity index is 1.74. The van der Waals surface area contributed by atoms with E-state index < -0.39 is 0 Å². The molecule has 1 N–H and O–H groups in total. The van der Waals surface area contributed by atoms with Gasteiger partial charge in [-0.1, -0.05) is 91.9 Å². The van der Waals surface area contributed by atoms with Crippen LogP contribution in [0.5, 0.6) is 0 Å². The number of hydrogen-bond acceptors (Lipinski definition) is 2. The zero-order valence-electron chi connectivity index (χ0n) is 15.3. The smallest absolute Gasteiger partial charge is 0.0550 e. The lowest BCUT2D eigenvalue weighted by Crippen LogP contribution is -2.36. The molecule has 0 aromatic heterocycles.